The fourth-order valence-electron chi connectivity index (χ4n) is 10.2. The Kier molecular flexibility index (Phi) is 8.79. The first-order chi connectivity index (χ1) is 34.2. The maximum atomic E-state index is 6.74. The normalized spacial score (nSPS) is 11.8. The van der Waals surface area contributed by atoms with Gasteiger partial charge in [-0.2, -0.15) is 0 Å². The van der Waals surface area contributed by atoms with Crippen molar-refractivity contribution in [2.75, 3.05) is 0 Å². The average molecular weight is 883 g/mol. The molecule has 0 radical (unpaired) electrons. The molecule has 0 atom stereocenters. The second-order valence-electron chi connectivity index (χ2n) is 17.5. The van der Waals surface area contributed by atoms with Crippen LogP contribution in [0.4, 0.5) is 0 Å². The number of hydrogen-bond donors (Lipinski definition) is 0. The summed E-state index contributed by atoms with van der Waals surface area (Å²) in [7, 11) is 0. The lowest BCUT2D eigenvalue weighted by Crippen LogP contribution is -2.00. The Bertz CT molecular complexity index is 4290. The topological polar surface area (TPSA) is 69.9 Å². The Morgan fingerprint density at radius 3 is 1.55 bits per heavy atom. The quantitative estimate of drug-likeness (QED) is 0.159. The molecule has 69 heavy (non-hydrogen) atoms. The molecule has 4 heterocycles. The maximum Gasteiger partial charge on any atom is 0.164 e. The van der Waals surface area contributed by atoms with Crippen molar-refractivity contribution in [3.05, 3.63) is 231 Å². The highest BCUT2D eigenvalue weighted by Crippen LogP contribution is 2.43. The van der Waals surface area contributed by atoms with E-state index in [1.807, 2.05) is 48.5 Å². The van der Waals surface area contributed by atoms with Crippen LogP contribution in [-0.4, -0.2) is 19.5 Å². The molecule has 0 aliphatic carbocycles. The van der Waals surface area contributed by atoms with Gasteiger partial charge in [0.05, 0.1) is 22.1 Å². The minimum Gasteiger partial charge on any atom is -0.456 e. The molecule has 4 aromatic heterocycles. The number of furan rings is 2. The molecule has 0 unspecified atom stereocenters. The maximum absolute atomic E-state index is 6.74. The fourth-order valence-corrected chi connectivity index (χ4v) is 10.2. The largest absolute Gasteiger partial charge is 0.456 e. The number of para-hydroxylation sites is 1. The van der Waals surface area contributed by atoms with Gasteiger partial charge in [0.2, 0.25) is 0 Å². The van der Waals surface area contributed by atoms with E-state index in [1.54, 1.807) is 0 Å². The molecule has 14 aromatic rings. The number of nitrogens with zero attached hydrogens (tertiary/aromatic N) is 4. The van der Waals surface area contributed by atoms with E-state index in [4.69, 9.17) is 23.8 Å². The summed E-state index contributed by atoms with van der Waals surface area (Å²) in [6.07, 6.45) is 0. The second-order valence-corrected chi connectivity index (χ2v) is 17.5. The van der Waals surface area contributed by atoms with Crippen LogP contribution in [0.3, 0.4) is 0 Å². The monoisotopic (exact) mass is 882 g/mol. The molecular weight excluding hydrogens is 845 g/mol. The summed E-state index contributed by atoms with van der Waals surface area (Å²) in [6.45, 7) is 0. The van der Waals surface area contributed by atoms with Gasteiger partial charge in [-0.1, -0.05) is 170 Å². The SMILES string of the molecule is c1ccc(-c2ccc(-c3nc(-c4ccccc4)nc(-c4cccc5oc6ccc(-c7ccc8c(c7)oc7cccc(-n9c%10ccccc%10c%10cc(-c%11ccccc%11)ccc%109)c78)cc6c45)n3)cc2)cc1. The fraction of sp³-hybridized carbons (Fsp3) is 0. The van der Waals surface area contributed by atoms with Gasteiger partial charge in [-0.3, -0.25) is 0 Å². The van der Waals surface area contributed by atoms with Crippen molar-refractivity contribution in [3.8, 4) is 73.2 Å². The third kappa shape index (κ3) is 6.45. The molecule has 0 aliphatic heterocycles. The molecule has 0 aliphatic rings. The van der Waals surface area contributed by atoms with Crippen LogP contribution >= 0.6 is 0 Å². The molecule has 6 heteroatoms. The van der Waals surface area contributed by atoms with Crippen LogP contribution < -0.4 is 0 Å². The molecule has 0 N–H and O–H groups in total. The van der Waals surface area contributed by atoms with Crippen molar-refractivity contribution in [3.63, 3.8) is 0 Å². The van der Waals surface area contributed by atoms with Crippen molar-refractivity contribution in [1.29, 1.82) is 0 Å². The van der Waals surface area contributed by atoms with Crippen LogP contribution in [0.15, 0.2) is 239 Å². The first-order valence-electron chi connectivity index (χ1n) is 23.2. The van der Waals surface area contributed by atoms with Gasteiger partial charge in [0.15, 0.2) is 17.5 Å². The predicted molar refractivity (Wildman–Crippen MR) is 281 cm³/mol. The zero-order valence-corrected chi connectivity index (χ0v) is 37.0. The van der Waals surface area contributed by atoms with E-state index < -0.39 is 0 Å². The van der Waals surface area contributed by atoms with E-state index in [9.17, 15) is 0 Å². The van der Waals surface area contributed by atoms with E-state index in [0.29, 0.717) is 17.5 Å². The summed E-state index contributed by atoms with van der Waals surface area (Å²) < 4.78 is 15.7. The zero-order valence-electron chi connectivity index (χ0n) is 37.0. The highest BCUT2D eigenvalue weighted by Gasteiger charge is 2.21. The van der Waals surface area contributed by atoms with Crippen LogP contribution in [-0.2, 0) is 0 Å². The minimum atomic E-state index is 0.573. The third-order valence-corrected chi connectivity index (χ3v) is 13.5. The first kappa shape index (κ1) is 38.8. The lowest BCUT2D eigenvalue weighted by molar-refractivity contribution is 0.669. The van der Waals surface area contributed by atoms with Gasteiger partial charge >= 0.3 is 0 Å². The summed E-state index contributed by atoms with van der Waals surface area (Å²) in [5.41, 5.74) is 16.0. The average Bonchev–Trinajstić information content (AvgIpc) is 4.10. The Hall–Kier alpha value is -9.39. The third-order valence-electron chi connectivity index (χ3n) is 13.5. The van der Waals surface area contributed by atoms with Gasteiger partial charge in [-0.15, -0.1) is 0 Å². The van der Waals surface area contributed by atoms with Crippen LogP contribution in [0.5, 0.6) is 0 Å². The van der Waals surface area contributed by atoms with Crippen molar-refractivity contribution in [2.45, 2.75) is 0 Å². The highest BCUT2D eigenvalue weighted by atomic mass is 16.3. The standard InChI is InChI=1S/C63H38N4O2/c1-4-14-39(15-5-1)41-26-28-43(29-27-41)62-64-61(42-18-8-3-9-19-42)65-63(66-62)49-21-12-24-56-59(49)51-37-45(32-35-55(51)68-56)46-30-33-48-58(38-46)69-57-25-13-23-54(60(48)57)67-52-22-11-10-20-47(52)50-36-44(31-34-53(50)67)40-16-6-2-7-17-40/h1-38H. The predicted octanol–water partition coefficient (Wildman–Crippen LogP) is 16.8. The van der Waals surface area contributed by atoms with Crippen LogP contribution in [0.2, 0.25) is 0 Å². The van der Waals surface area contributed by atoms with Crippen LogP contribution in [0.1, 0.15) is 0 Å². The van der Waals surface area contributed by atoms with E-state index in [1.165, 1.54) is 21.9 Å². The van der Waals surface area contributed by atoms with Crippen molar-refractivity contribution >= 4 is 65.7 Å². The van der Waals surface area contributed by atoms with Crippen molar-refractivity contribution in [2.24, 2.45) is 0 Å². The van der Waals surface area contributed by atoms with E-state index >= 15 is 0 Å². The van der Waals surface area contributed by atoms with Gasteiger partial charge < -0.3 is 13.4 Å². The van der Waals surface area contributed by atoms with E-state index in [-0.39, 0.29) is 0 Å². The van der Waals surface area contributed by atoms with Crippen molar-refractivity contribution in [1.82, 2.24) is 19.5 Å². The molecule has 0 saturated carbocycles. The number of aromatic nitrogens is 4. The Morgan fingerprint density at radius 2 is 0.783 bits per heavy atom. The van der Waals surface area contributed by atoms with Gasteiger partial charge in [0.25, 0.3) is 0 Å². The summed E-state index contributed by atoms with van der Waals surface area (Å²) in [4.78, 5) is 15.3. The highest BCUT2D eigenvalue weighted by molar-refractivity contribution is 6.16. The molecule has 322 valence electrons. The minimum absolute atomic E-state index is 0.573. The van der Waals surface area contributed by atoms with Crippen LogP contribution in [0, 0.1) is 0 Å². The number of hydrogen-bond acceptors (Lipinski definition) is 5. The molecular formula is C63H38N4O2. The molecule has 14 rings (SSSR count). The number of rotatable bonds is 7. The number of fused-ring (bicyclic) bond motifs is 9. The van der Waals surface area contributed by atoms with Gasteiger partial charge in [-0.05, 0) is 94.0 Å². The lowest BCUT2D eigenvalue weighted by Gasteiger charge is -2.10. The molecule has 0 bridgehead atoms. The lowest BCUT2D eigenvalue weighted by atomic mass is 9.99. The first-order valence-corrected chi connectivity index (χ1v) is 23.2. The summed E-state index contributed by atoms with van der Waals surface area (Å²) in [6, 6.07) is 80.4. The van der Waals surface area contributed by atoms with E-state index in [2.05, 4.69) is 187 Å². The molecule has 0 saturated heterocycles. The van der Waals surface area contributed by atoms with Gasteiger partial charge in [0, 0.05) is 43.6 Å². The van der Waals surface area contributed by atoms with Crippen molar-refractivity contribution < 1.29 is 8.83 Å². The smallest absolute Gasteiger partial charge is 0.164 e. The summed E-state index contributed by atoms with van der Waals surface area (Å²) in [5, 5.41) is 6.48. The molecule has 0 fully saturated rings. The van der Waals surface area contributed by atoms with Gasteiger partial charge in [0.1, 0.15) is 22.3 Å². The molecule has 0 amide bonds. The Labute approximate surface area is 396 Å². The van der Waals surface area contributed by atoms with E-state index in [0.717, 1.165) is 99.5 Å². The molecule has 10 aromatic carbocycles. The molecule has 0 spiro atoms. The Morgan fingerprint density at radius 1 is 0.275 bits per heavy atom. The summed E-state index contributed by atoms with van der Waals surface area (Å²) in [5.74, 6) is 1.77. The summed E-state index contributed by atoms with van der Waals surface area (Å²) >= 11 is 0. The Balaban J connectivity index is 0.884. The van der Waals surface area contributed by atoms with Crippen LogP contribution in [0.25, 0.3) is 139 Å². The molecule has 6 nitrogen and oxygen atoms in total. The van der Waals surface area contributed by atoms with Gasteiger partial charge in [-0.25, -0.2) is 15.0 Å². The zero-order chi connectivity index (χ0) is 45.4. The second kappa shape index (κ2) is 15.6. The number of benzene rings is 10.